The summed E-state index contributed by atoms with van der Waals surface area (Å²) in [4.78, 5) is 36.2. The number of ketones is 3. The van der Waals surface area contributed by atoms with Crippen LogP contribution in [0, 0.1) is 0 Å². The molecule has 0 aromatic rings. The van der Waals surface area contributed by atoms with E-state index in [1.54, 1.807) is 0 Å². The first-order valence-electron chi connectivity index (χ1n) is 16.1. The zero-order valence-electron chi connectivity index (χ0n) is 25.8. The fourth-order valence-corrected chi connectivity index (χ4v) is 4.19. The maximum Gasteiger partial charge on any atom is 0.264 e. The van der Waals surface area contributed by atoms with Crippen LogP contribution in [0.2, 0.25) is 0 Å². The molecule has 0 aliphatic carbocycles. The first-order valence-corrected chi connectivity index (χ1v) is 16.1. The molecule has 0 aromatic heterocycles. The summed E-state index contributed by atoms with van der Waals surface area (Å²) in [7, 11) is 0. The van der Waals surface area contributed by atoms with Crippen molar-refractivity contribution in [1.82, 2.24) is 0 Å². The summed E-state index contributed by atoms with van der Waals surface area (Å²) >= 11 is 0. The molecule has 0 bridgehead atoms. The molecule has 3 nitrogen and oxygen atoms in total. The highest BCUT2D eigenvalue weighted by Crippen LogP contribution is 2.11. The van der Waals surface area contributed by atoms with E-state index < -0.39 is 17.3 Å². The van der Waals surface area contributed by atoms with Gasteiger partial charge in [-0.05, 0) is 77.0 Å². The Hall–Kier alpha value is -2.55. The van der Waals surface area contributed by atoms with E-state index in [0.29, 0.717) is 12.8 Å². The van der Waals surface area contributed by atoms with Crippen molar-refractivity contribution in [2.24, 2.45) is 0 Å². The number of Topliss-reactive ketones (excluding diaryl/α,β-unsaturated/α-hetero) is 3. The Morgan fingerprint density at radius 3 is 1.05 bits per heavy atom. The highest BCUT2D eigenvalue weighted by atomic mass is 16.2. The van der Waals surface area contributed by atoms with Gasteiger partial charge in [0.15, 0.2) is 0 Å². The van der Waals surface area contributed by atoms with E-state index in [4.69, 9.17) is 0 Å². The lowest BCUT2D eigenvalue weighted by Crippen LogP contribution is -2.23. The Kier molecular flexibility index (Phi) is 29.0. The molecule has 0 fully saturated rings. The number of hydrogen-bond acceptors (Lipinski definition) is 3. The summed E-state index contributed by atoms with van der Waals surface area (Å²) in [5.41, 5.74) is 0. The summed E-state index contributed by atoms with van der Waals surface area (Å²) in [6.45, 7) is 4.29. The van der Waals surface area contributed by atoms with Crippen molar-refractivity contribution >= 4 is 17.3 Å². The van der Waals surface area contributed by atoms with Gasteiger partial charge in [0.1, 0.15) is 0 Å². The normalized spacial score (nSPS) is 12.4. The van der Waals surface area contributed by atoms with Crippen LogP contribution in [0.25, 0.3) is 0 Å². The van der Waals surface area contributed by atoms with Gasteiger partial charge in [0, 0.05) is 12.8 Å². The van der Waals surface area contributed by atoms with Gasteiger partial charge in [-0.15, -0.1) is 0 Å². The van der Waals surface area contributed by atoms with Crippen molar-refractivity contribution in [1.29, 1.82) is 0 Å². The molecule has 3 heteroatoms. The van der Waals surface area contributed by atoms with Crippen LogP contribution in [0.4, 0.5) is 0 Å². The van der Waals surface area contributed by atoms with Crippen molar-refractivity contribution in [3.05, 3.63) is 72.9 Å². The quantitative estimate of drug-likeness (QED) is 0.0421. The van der Waals surface area contributed by atoms with Crippen LogP contribution in [0.1, 0.15) is 142 Å². The molecule has 224 valence electrons. The molecule has 0 saturated carbocycles. The second kappa shape index (κ2) is 31.0. The van der Waals surface area contributed by atoms with Crippen LogP contribution in [0.3, 0.4) is 0 Å². The lowest BCUT2D eigenvalue weighted by molar-refractivity contribution is -0.144. The molecule has 0 rings (SSSR count). The van der Waals surface area contributed by atoms with Crippen LogP contribution in [-0.2, 0) is 14.4 Å². The minimum absolute atomic E-state index is 0.212. The van der Waals surface area contributed by atoms with E-state index in [1.807, 2.05) is 0 Å². The Morgan fingerprint density at radius 1 is 0.375 bits per heavy atom. The average molecular weight is 551 g/mol. The molecule has 0 saturated heterocycles. The van der Waals surface area contributed by atoms with E-state index in [2.05, 4.69) is 86.8 Å². The highest BCUT2D eigenvalue weighted by molar-refractivity contribution is 6.63. The SMILES string of the molecule is CC/C=C\C/C=C\C/C=C\CCCCCCCC(=O)C(=O)C(=O)CCCCCCC/C=C\C/C=C\C/C=C\CC. The lowest BCUT2D eigenvalue weighted by atomic mass is 10.0. The first kappa shape index (κ1) is 37.5. The summed E-state index contributed by atoms with van der Waals surface area (Å²) < 4.78 is 0. The van der Waals surface area contributed by atoms with Gasteiger partial charge in [-0.2, -0.15) is 0 Å². The van der Waals surface area contributed by atoms with Crippen molar-refractivity contribution in [3.8, 4) is 0 Å². The summed E-state index contributed by atoms with van der Waals surface area (Å²) in [5, 5.41) is 0. The van der Waals surface area contributed by atoms with Gasteiger partial charge in [-0.3, -0.25) is 14.4 Å². The third-order valence-corrected chi connectivity index (χ3v) is 6.62. The van der Waals surface area contributed by atoms with Crippen LogP contribution in [-0.4, -0.2) is 17.3 Å². The smallest absolute Gasteiger partial charge is 0.264 e. The van der Waals surface area contributed by atoms with Crippen LogP contribution in [0.15, 0.2) is 72.9 Å². The minimum atomic E-state index is -0.777. The molecule has 40 heavy (non-hydrogen) atoms. The second-order valence-corrected chi connectivity index (χ2v) is 10.4. The Bertz CT molecular complexity index is 741. The number of rotatable bonds is 28. The average Bonchev–Trinajstić information content (AvgIpc) is 2.96. The maximum atomic E-state index is 12.1. The monoisotopic (exact) mass is 550 g/mol. The Labute approximate surface area is 246 Å². The van der Waals surface area contributed by atoms with Gasteiger partial charge in [0.25, 0.3) is 5.78 Å². The molecular weight excluding hydrogens is 492 g/mol. The molecule has 0 spiro atoms. The standard InChI is InChI=1S/C37H58O3/c1-3-5-7-9-11-13-15-17-19-21-23-25-27-29-31-33-35(38)37(40)36(39)34-32-30-28-26-24-22-20-18-16-14-12-10-8-6-4-2/h5-8,11-14,17-20H,3-4,9-10,15-16,21-34H2,1-2H3/b7-5-,8-6-,13-11-,14-12-,19-17-,20-18-. The van der Waals surface area contributed by atoms with Crippen molar-refractivity contribution in [2.45, 2.75) is 142 Å². The summed E-state index contributed by atoms with van der Waals surface area (Å²) in [6, 6.07) is 0. The van der Waals surface area contributed by atoms with Crippen LogP contribution < -0.4 is 0 Å². The maximum absolute atomic E-state index is 12.1. The summed E-state index contributed by atoms with van der Waals surface area (Å²) in [5.74, 6) is -1.77. The van der Waals surface area contributed by atoms with Crippen LogP contribution in [0.5, 0.6) is 0 Å². The van der Waals surface area contributed by atoms with Gasteiger partial charge in [0.05, 0.1) is 0 Å². The molecule has 0 aliphatic heterocycles. The predicted molar refractivity (Wildman–Crippen MR) is 174 cm³/mol. The zero-order chi connectivity index (χ0) is 29.4. The molecule has 0 aromatic carbocycles. The van der Waals surface area contributed by atoms with Gasteiger partial charge in [-0.25, -0.2) is 0 Å². The molecule has 0 radical (unpaired) electrons. The molecule has 0 unspecified atom stereocenters. The van der Waals surface area contributed by atoms with E-state index in [1.165, 1.54) is 0 Å². The Balaban J connectivity index is 3.62. The van der Waals surface area contributed by atoms with Crippen molar-refractivity contribution < 1.29 is 14.4 Å². The molecular formula is C37H58O3. The molecule has 0 aliphatic rings. The predicted octanol–water partition coefficient (Wildman–Crippen LogP) is 10.9. The number of hydrogen-bond donors (Lipinski definition) is 0. The Morgan fingerprint density at radius 2 is 0.675 bits per heavy atom. The minimum Gasteiger partial charge on any atom is -0.290 e. The largest absolute Gasteiger partial charge is 0.290 e. The fourth-order valence-electron chi connectivity index (χ4n) is 4.19. The zero-order valence-corrected chi connectivity index (χ0v) is 25.8. The topological polar surface area (TPSA) is 51.2 Å². The molecule has 0 amide bonds. The molecule has 0 atom stereocenters. The van der Waals surface area contributed by atoms with Gasteiger partial charge >= 0.3 is 0 Å². The van der Waals surface area contributed by atoms with Crippen molar-refractivity contribution in [3.63, 3.8) is 0 Å². The number of unbranched alkanes of at least 4 members (excludes halogenated alkanes) is 10. The highest BCUT2D eigenvalue weighted by Gasteiger charge is 2.21. The van der Waals surface area contributed by atoms with Gasteiger partial charge in [-0.1, -0.05) is 125 Å². The third kappa shape index (κ3) is 27.0. The van der Waals surface area contributed by atoms with Crippen LogP contribution >= 0.6 is 0 Å². The molecule has 0 N–H and O–H groups in total. The van der Waals surface area contributed by atoms with E-state index in [9.17, 15) is 14.4 Å². The third-order valence-electron chi connectivity index (χ3n) is 6.62. The van der Waals surface area contributed by atoms with E-state index in [0.717, 1.165) is 103 Å². The van der Waals surface area contributed by atoms with E-state index >= 15 is 0 Å². The fraction of sp³-hybridized carbons (Fsp3) is 0.595. The molecule has 0 heterocycles. The number of carbonyl (C=O) groups is 3. The van der Waals surface area contributed by atoms with Crippen molar-refractivity contribution in [2.75, 3.05) is 0 Å². The lowest BCUT2D eigenvalue weighted by Gasteiger charge is -2.02. The number of carbonyl (C=O) groups excluding carboxylic acids is 3. The first-order chi connectivity index (χ1) is 19.6. The summed E-state index contributed by atoms with van der Waals surface area (Å²) in [6.07, 6.45) is 45.3. The van der Waals surface area contributed by atoms with Gasteiger partial charge in [0.2, 0.25) is 11.6 Å². The van der Waals surface area contributed by atoms with Gasteiger partial charge < -0.3 is 0 Å². The number of allylic oxidation sites excluding steroid dienone is 12. The van der Waals surface area contributed by atoms with E-state index in [-0.39, 0.29) is 12.8 Å². The second-order valence-electron chi connectivity index (χ2n) is 10.4.